The first kappa shape index (κ1) is 27.0. The molecular weight excluding hydrogens is 479 g/mol. The first-order valence-corrected chi connectivity index (χ1v) is 14.8. The van der Waals surface area contributed by atoms with Crippen molar-refractivity contribution in [2.75, 3.05) is 7.11 Å². The summed E-state index contributed by atoms with van der Waals surface area (Å²) in [6.07, 6.45) is -7.21. The predicted octanol–water partition coefficient (Wildman–Crippen LogP) is 6.50. The first-order chi connectivity index (χ1) is 16.3. The summed E-state index contributed by atoms with van der Waals surface area (Å²) in [5.74, 6) is -3.16. The molecule has 0 spiro atoms. The summed E-state index contributed by atoms with van der Waals surface area (Å²) in [5, 5.41) is 0. The van der Waals surface area contributed by atoms with Crippen LogP contribution in [0.4, 0.5) is 18.0 Å². The average molecular weight is 512 g/mol. The Kier molecular flexibility index (Phi) is 7.88. The number of rotatable bonds is 7. The average Bonchev–Trinajstić information content (AvgIpc) is 3.13. The zero-order chi connectivity index (χ0) is 26.0. The maximum Gasteiger partial charge on any atom is 0.444 e. The largest absolute Gasteiger partial charge is 0.497 e. The summed E-state index contributed by atoms with van der Waals surface area (Å²) < 4.78 is 66.7. The van der Waals surface area contributed by atoms with Crippen LogP contribution in [0.1, 0.15) is 31.2 Å². The minimum atomic E-state index is -4.92. The lowest BCUT2D eigenvalue weighted by molar-refractivity contribution is -0.355. The molecule has 2 aromatic carbocycles. The molecule has 0 aliphatic carbocycles. The van der Waals surface area contributed by atoms with Crippen molar-refractivity contribution < 1.29 is 36.6 Å². The maximum atomic E-state index is 14.8. The summed E-state index contributed by atoms with van der Waals surface area (Å²) in [7, 11) is -1.33. The van der Waals surface area contributed by atoms with Crippen LogP contribution in [0.5, 0.6) is 5.75 Å². The van der Waals surface area contributed by atoms with Crippen LogP contribution in [0, 0.1) is 5.92 Å². The number of carbonyl (C=O) groups is 1. The molecule has 1 amide bonds. The third-order valence-electron chi connectivity index (χ3n) is 5.53. The molecule has 192 valence electrons. The van der Waals surface area contributed by atoms with Gasteiger partial charge in [0.1, 0.15) is 18.4 Å². The summed E-state index contributed by atoms with van der Waals surface area (Å²) in [5.41, 5.74) is 1.06. The van der Waals surface area contributed by atoms with Gasteiger partial charge in [-0.15, -0.1) is 0 Å². The Morgan fingerprint density at radius 1 is 1.09 bits per heavy atom. The molecule has 35 heavy (non-hydrogen) atoms. The molecule has 0 aromatic heterocycles. The van der Waals surface area contributed by atoms with E-state index in [2.05, 4.69) is 0 Å². The zero-order valence-corrected chi connectivity index (χ0v) is 21.8. The number of benzene rings is 2. The van der Waals surface area contributed by atoms with Crippen molar-refractivity contribution in [3.8, 4) is 5.75 Å². The van der Waals surface area contributed by atoms with Crippen LogP contribution in [0.3, 0.4) is 0 Å². The quantitative estimate of drug-likeness (QED) is 0.397. The van der Waals surface area contributed by atoms with Crippen molar-refractivity contribution in [1.82, 2.24) is 4.90 Å². The molecule has 0 N–H and O–H groups in total. The molecule has 3 rings (SSSR count). The number of carbonyl (C=O) groups excluding carboxylic acids is 1. The van der Waals surface area contributed by atoms with Crippen molar-refractivity contribution in [1.29, 1.82) is 0 Å². The highest BCUT2D eigenvalue weighted by Crippen LogP contribution is 2.53. The van der Waals surface area contributed by atoms with Crippen LogP contribution >= 0.6 is 0 Å². The molecule has 6 nitrogen and oxygen atoms in total. The van der Waals surface area contributed by atoms with Gasteiger partial charge in [-0.05, 0) is 43.3 Å². The Bertz CT molecular complexity index is 995. The van der Waals surface area contributed by atoms with Crippen LogP contribution in [0.15, 0.2) is 54.6 Å². The summed E-state index contributed by atoms with van der Waals surface area (Å²) in [6, 6.07) is 13.8. The number of hydrogen-bond acceptors (Lipinski definition) is 5. The second-order valence-corrected chi connectivity index (χ2v) is 14.2. The highest BCUT2D eigenvalue weighted by atomic mass is 28.4. The number of alkyl halides is 3. The Hall–Kier alpha value is -2.56. The van der Waals surface area contributed by atoms with Gasteiger partial charge in [-0.1, -0.05) is 56.3 Å². The molecule has 1 fully saturated rings. The molecule has 0 saturated carbocycles. The van der Waals surface area contributed by atoms with Gasteiger partial charge < -0.3 is 18.6 Å². The van der Waals surface area contributed by atoms with Crippen molar-refractivity contribution in [3.63, 3.8) is 0 Å². The van der Waals surface area contributed by atoms with Crippen LogP contribution in [0.2, 0.25) is 19.6 Å². The van der Waals surface area contributed by atoms with E-state index in [0.29, 0.717) is 16.9 Å². The summed E-state index contributed by atoms with van der Waals surface area (Å²) in [4.78, 5) is 14.4. The zero-order valence-electron chi connectivity index (χ0n) is 20.8. The molecule has 10 heteroatoms. The van der Waals surface area contributed by atoms with Gasteiger partial charge in [0.15, 0.2) is 14.5 Å². The number of amides is 1. The molecule has 1 saturated heterocycles. The molecular formula is C25H32F3NO5Si. The lowest BCUT2D eigenvalue weighted by atomic mass is 9.94. The van der Waals surface area contributed by atoms with Gasteiger partial charge in [0.05, 0.1) is 7.11 Å². The van der Waals surface area contributed by atoms with Gasteiger partial charge in [0.25, 0.3) is 5.79 Å². The summed E-state index contributed by atoms with van der Waals surface area (Å²) >= 11 is 0. The molecule has 3 atom stereocenters. The predicted molar refractivity (Wildman–Crippen MR) is 127 cm³/mol. The fraction of sp³-hybridized carbons (Fsp3) is 0.480. The number of methoxy groups -OCH3 is 1. The monoisotopic (exact) mass is 511 g/mol. The molecule has 2 aromatic rings. The first-order valence-electron chi connectivity index (χ1n) is 11.4. The van der Waals surface area contributed by atoms with Crippen molar-refractivity contribution in [2.24, 2.45) is 5.92 Å². The fourth-order valence-electron chi connectivity index (χ4n) is 4.21. The van der Waals surface area contributed by atoms with Crippen molar-refractivity contribution in [2.45, 2.75) is 64.3 Å². The standard InChI is InChI=1S/C25H32F3NO5Si/c1-17(2)21-24(25(26,27)28,34-35(4,5)6)33-22(19-12-14-20(31-3)15-13-19)29(21)23(30)32-16-18-10-8-7-9-11-18/h7-15,17,21-22H,16H2,1-6H3/t21-,22-,24-/m0/s1. The normalized spacial score (nSPS) is 23.0. The molecule has 1 heterocycles. The minimum absolute atomic E-state index is 0.0930. The Balaban J connectivity index is 2.09. The second-order valence-electron chi connectivity index (χ2n) is 9.76. The van der Waals surface area contributed by atoms with Gasteiger partial charge >= 0.3 is 12.3 Å². The number of halogens is 3. The number of nitrogens with zero attached hydrogens (tertiary/aromatic N) is 1. The molecule has 1 aliphatic rings. The van der Waals surface area contributed by atoms with Gasteiger partial charge in [0.2, 0.25) is 0 Å². The van der Waals surface area contributed by atoms with E-state index in [1.54, 1.807) is 82.0 Å². The van der Waals surface area contributed by atoms with Crippen LogP contribution in [-0.2, 0) is 20.5 Å². The molecule has 0 radical (unpaired) electrons. The van der Waals surface area contributed by atoms with Gasteiger partial charge in [-0.2, -0.15) is 13.2 Å². The van der Waals surface area contributed by atoms with Crippen LogP contribution in [0.25, 0.3) is 0 Å². The smallest absolute Gasteiger partial charge is 0.444 e. The SMILES string of the molecule is COc1ccc([C@@H]2O[C@@](O[Si](C)(C)C)(C(F)(F)F)[C@H](C(C)C)N2C(=O)OCc2ccccc2)cc1. The van der Waals surface area contributed by atoms with E-state index in [1.807, 2.05) is 6.07 Å². The summed E-state index contributed by atoms with van der Waals surface area (Å²) in [6.45, 7) is 8.08. The van der Waals surface area contributed by atoms with Crippen LogP contribution in [-0.4, -0.2) is 44.4 Å². The van der Waals surface area contributed by atoms with Gasteiger partial charge in [-0.3, -0.25) is 4.90 Å². The van der Waals surface area contributed by atoms with Crippen molar-refractivity contribution in [3.05, 3.63) is 65.7 Å². The Morgan fingerprint density at radius 2 is 1.69 bits per heavy atom. The van der Waals surface area contributed by atoms with E-state index >= 15 is 0 Å². The van der Waals surface area contributed by atoms with E-state index in [-0.39, 0.29) is 6.61 Å². The van der Waals surface area contributed by atoms with Gasteiger partial charge in [0, 0.05) is 5.56 Å². The van der Waals surface area contributed by atoms with Crippen LogP contribution < -0.4 is 4.74 Å². The van der Waals surface area contributed by atoms with E-state index in [1.165, 1.54) is 7.11 Å². The molecule has 1 aliphatic heterocycles. The van der Waals surface area contributed by atoms with E-state index in [4.69, 9.17) is 18.6 Å². The number of hydrogen-bond donors (Lipinski definition) is 0. The lowest BCUT2D eigenvalue weighted by Crippen LogP contribution is -2.63. The van der Waals surface area contributed by atoms with Crippen molar-refractivity contribution >= 4 is 14.4 Å². The third-order valence-corrected chi connectivity index (χ3v) is 6.45. The lowest BCUT2D eigenvalue weighted by Gasteiger charge is -2.42. The highest BCUT2D eigenvalue weighted by Gasteiger charge is 2.72. The maximum absolute atomic E-state index is 14.8. The highest BCUT2D eigenvalue weighted by molar-refractivity contribution is 6.69. The Morgan fingerprint density at radius 3 is 2.17 bits per heavy atom. The molecule has 0 bridgehead atoms. The minimum Gasteiger partial charge on any atom is -0.497 e. The fourth-order valence-corrected chi connectivity index (χ4v) is 5.41. The van der Waals surface area contributed by atoms with E-state index in [0.717, 1.165) is 4.90 Å². The molecule has 0 unspecified atom stereocenters. The topological polar surface area (TPSA) is 57.2 Å². The van der Waals surface area contributed by atoms with E-state index in [9.17, 15) is 18.0 Å². The third kappa shape index (κ3) is 5.82. The van der Waals surface area contributed by atoms with E-state index < -0.39 is 44.6 Å². The number of ether oxygens (including phenoxy) is 3. The Labute approximate surface area is 205 Å². The van der Waals surface area contributed by atoms with Gasteiger partial charge in [-0.25, -0.2) is 4.79 Å². The second kappa shape index (κ2) is 10.2.